The molecule has 0 radical (unpaired) electrons. The smallest absolute Gasteiger partial charge is 0.346 e. The van der Waals surface area contributed by atoms with Crippen molar-refractivity contribution >= 4 is 10.8 Å². The standard InChI is InChI=1S/C32H39FO2/c1-3-4-5-22-8-12-23(13-9-22)24-14-16-26(17-15-24)29-20-27-18-19-28(25-10-6-21(2)7-11-25)31(33)30(27)32(34)35-29/h6-7,10-11,18-20,22-24,26H,3-5,8-9,12-17H2,1-2H3. The number of benzene rings is 2. The molecule has 2 aromatic carbocycles. The molecule has 0 bridgehead atoms. The van der Waals surface area contributed by atoms with Gasteiger partial charge in [0.1, 0.15) is 17.0 Å². The van der Waals surface area contributed by atoms with Crippen LogP contribution in [0.15, 0.2) is 51.7 Å². The Morgan fingerprint density at radius 3 is 2.20 bits per heavy atom. The van der Waals surface area contributed by atoms with Crippen LogP contribution in [-0.4, -0.2) is 0 Å². The van der Waals surface area contributed by atoms with E-state index in [4.69, 9.17) is 4.42 Å². The molecule has 2 aliphatic rings. The summed E-state index contributed by atoms with van der Waals surface area (Å²) in [7, 11) is 0. The van der Waals surface area contributed by atoms with Gasteiger partial charge in [0.2, 0.25) is 0 Å². The highest BCUT2D eigenvalue weighted by Gasteiger charge is 2.32. The number of fused-ring (bicyclic) bond motifs is 1. The van der Waals surface area contributed by atoms with Crippen LogP contribution in [0.1, 0.15) is 94.8 Å². The zero-order valence-corrected chi connectivity index (χ0v) is 21.3. The molecule has 0 unspecified atom stereocenters. The zero-order chi connectivity index (χ0) is 24.4. The van der Waals surface area contributed by atoms with Crippen LogP contribution in [0.25, 0.3) is 21.9 Å². The number of hydrogen-bond donors (Lipinski definition) is 0. The van der Waals surface area contributed by atoms with Crippen LogP contribution in [0, 0.1) is 30.5 Å². The fourth-order valence-corrected chi connectivity index (χ4v) is 6.73. The van der Waals surface area contributed by atoms with Crippen LogP contribution in [0.5, 0.6) is 0 Å². The molecule has 186 valence electrons. The van der Waals surface area contributed by atoms with E-state index in [0.29, 0.717) is 10.9 Å². The normalized spacial score (nSPS) is 25.1. The van der Waals surface area contributed by atoms with Crippen molar-refractivity contribution in [3.63, 3.8) is 0 Å². The SMILES string of the molecule is CCCCC1CCC(C2CCC(c3cc4ccc(-c5ccc(C)cc5)c(F)c4c(=O)o3)CC2)CC1. The molecule has 0 N–H and O–H groups in total. The maximum absolute atomic E-state index is 15.4. The molecule has 3 heteroatoms. The van der Waals surface area contributed by atoms with E-state index in [9.17, 15) is 4.79 Å². The average Bonchev–Trinajstić information content (AvgIpc) is 2.88. The van der Waals surface area contributed by atoms with Crippen molar-refractivity contribution in [1.29, 1.82) is 0 Å². The van der Waals surface area contributed by atoms with Crippen molar-refractivity contribution in [2.45, 2.75) is 90.4 Å². The predicted molar refractivity (Wildman–Crippen MR) is 142 cm³/mol. The molecule has 5 rings (SSSR count). The first-order valence-corrected chi connectivity index (χ1v) is 13.9. The van der Waals surface area contributed by atoms with Crippen LogP contribution in [0.2, 0.25) is 0 Å². The van der Waals surface area contributed by atoms with Crippen LogP contribution in [0.4, 0.5) is 4.39 Å². The summed E-state index contributed by atoms with van der Waals surface area (Å²) in [4.78, 5) is 12.9. The second kappa shape index (κ2) is 10.7. The van der Waals surface area contributed by atoms with E-state index >= 15 is 4.39 Å². The minimum atomic E-state index is -0.545. The van der Waals surface area contributed by atoms with Crippen LogP contribution >= 0.6 is 0 Å². The molecule has 0 aliphatic heterocycles. The molecule has 3 aromatic rings. The summed E-state index contributed by atoms with van der Waals surface area (Å²) in [6, 6.07) is 13.3. The number of rotatable bonds is 6. The zero-order valence-electron chi connectivity index (χ0n) is 21.3. The van der Waals surface area contributed by atoms with Gasteiger partial charge in [-0.15, -0.1) is 0 Å². The highest BCUT2D eigenvalue weighted by atomic mass is 19.1. The molecule has 35 heavy (non-hydrogen) atoms. The van der Waals surface area contributed by atoms with E-state index in [1.54, 1.807) is 6.07 Å². The Balaban J connectivity index is 1.27. The van der Waals surface area contributed by atoms with Gasteiger partial charge in [-0.25, -0.2) is 9.18 Å². The molecular weight excluding hydrogens is 435 g/mol. The molecule has 0 atom stereocenters. The summed E-state index contributed by atoms with van der Waals surface area (Å²) in [6.07, 6.45) is 14.3. The molecule has 0 amide bonds. The Morgan fingerprint density at radius 1 is 0.886 bits per heavy atom. The quantitative estimate of drug-likeness (QED) is 0.356. The molecule has 1 heterocycles. The molecule has 2 saturated carbocycles. The van der Waals surface area contributed by atoms with Crippen molar-refractivity contribution in [1.82, 2.24) is 0 Å². The van der Waals surface area contributed by atoms with E-state index in [1.807, 2.05) is 43.3 Å². The Hall–Kier alpha value is -2.42. The van der Waals surface area contributed by atoms with Crippen LogP contribution in [0.3, 0.4) is 0 Å². The van der Waals surface area contributed by atoms with Gasteiger partial charge in [0.15, 0.2) is 0 Å². The third-order valence-corrected chi connectivity index (χ3v) is 8.95. The van der Waals surface area contributed by atoms with Crippen molar-refractivity contribution in [3.05, 3.63) is 70.0 Å². The first-order chi connectivity index (χ1) is 17.0. The maximum Gasteiger partial charge on any atom is 0.346 e. The first-order valence-electron chi connectivity index (χ1n) is 13.9. The summed E-state index contributed by atoms with van der Waals surface area (Å²) in [5.74, 6) is 3.19. The Labute approximate surface area is 208 Å². The lowest BCUT2D eigenvalue weighted by molar-refractivity contribution is 0.151. The molecule has 2 nitrogen and oxygen atoms in total. The predicted octanol–water partition coefficient (Wildman–Crippen LogP) is 9.18. The second-order valence-electron chi connectivity index (χ2n) is 11.2. The lowest BCUT2D eigenvalue weighted by Gasteiger charge is -2.37. The average molecular weight is 475 g/mol. The molecule has 0 spiro atoms. The monoisotopic (exact) mass is 474 g/mol. The van der Waals surface area contributed by atoms with Gasteiger partial charge in [0.25, 0.3) is 0 Å². The number of aryl methyl sites for hydroxylation is 1. The van der Waals surface area contributed by atoms with Gasteiger partial charge in [0.05, 0.1) is 0 Å². The largest absolute Gasteiger partial charge is 0.427 e. The van der Waals surface area contributed by atoms with Gasteiger partial charge in [-0.1, -0.05) is 81.0 Å². The maximum atomic E-state index is 15.4. The molecule has 0 saturated heterocycles. The van der Waals surface area contributed by atoms with Crippen molar-refractivity contribution in [2.24, 2.45) is 17.8 Å². The van der Waals surface area contributed by atoms with Gasteiger partial charge >= 0.3 is 5.63 Å². The van der Waals surface area contributed by atoms with Gasteiger partial charge in [-0.2, -0.15) is 0 Å². The van der Waals surface area contributed by atoms with E-state index in [2.05, 4.69) is 6.92 Å². The van der Waals surface area contributed by atoms with Crippen molar-refractivity contribution in [3.8, 4) is 11.1 Å². The van der Waals surface area contributed by atoms with E-state index in [-0.39, 0.29) is 11.3 Å². The first kappa shape index (κ1) is 24.3. The second-order valence-corrected chi connectivity index (χ2v) is 11.2. The Bertz CT molecular complexity index is 1190. The summed E-state index contributed by atoms with van der Waals surface area (Å²) in [6.45, 7) is 4.30. The van der Waals surface area contributed by atoms with Gasteiger partial charge in [0, 0.05) is 11.5 Å². The van der Waals surface area contributed by atoms with Gasteiger partial charge in [-0.3, -0.25) is 0 Å². The summed E-state index contributed by atoms with van der Waals surface area (Å²) >= 11 is 0. The number of hydrogen-bond acceptors (Lipinski definition) is 2. The molecule has 1 aromatic heterocycles. The molecule has 2 fully saturated rings. The summed E-state index contributed by atoms with van der Waals surface area (Å²) in [5.41, 5.74) is 1.80. The van der Waals surface area contributed by atoms with Gasteiger partial charge < -0.3 is 4.42 Å². The minimum absolute atomic E-state index is 0.0698. The fraction of sp³-hybridized carbons (Fsp3) is 0.531. The van der Waals surface area contributed by atoms with Crippen molar-refractivity contribution in [2.75, 3.05) is 0 Å². The number of halogens is 1. The van der Waals surface area contributed by atoms with Crippen molar-refractivity contribution < 1.29 is 8.81 Å². The minimum Gasteiger partial charge on any atom is -0.427 e. The number of unbranched alkanes of at least 4 members (excludes halogenated alkanes) is 1. The van der Waals surface area contributed by atoms with E-state index < -0.39 is 11.4 Å². The van der Waals surface area contributed by atoms with Crippen LogP contribution in [-0.2, 0) is 0 Å². The lowest BCUT2D eigenvalue weighted by Crippen LogP contribution is -2.25. The van der Waals surface area contributed by atoms with E-state index in [0.717, 1.165) is 47.5 Å². The molecule has 2 aliphatic carbocycles. The summed E-state index contributed by atoms with van der Waals surface area (Å²) < 4.78 is 21.1. The third-order valence-electron chi connectivity index (χ3n) is 8.95. The Morgan fingerprint density at radius 2 is 1.54 bits per heavy atom. The highest BCUT2D eigenvalue weighted by molar-refractivity contribution is 5.87. The lowest BCUT2D eigenvalue weighted by atomic mass is 9.68. The topological polar surface area (TPSA) is 30.2 Å². The third kappa shape index (κ3) is 5.25. The van der Waals surface area contributed by atoms with Crippen LogP contribution < -0.4 is 5.63 Å². The summed E-state index contributed by atoms with van der Waals surface area (Å²) in [5, 5.41) is 0.720. The van der Waals surface area contributed by atoms with E-state index in [1.165, 1.54) is 57.8 Å². The molecular formula is C32H39FO2. The Kier molecular flexibility index (Phi) is 7.41. The highest BCUT2D eigenvalue weighted by Crippen LogP contribution is 2.44. The van der Waals surface area contributed by atoms with Gasteiger partial charge in [-0.05, 0) is 80.2 Å². The fourth-order valence-electron chi connectivity index (χ4n) is 6.73.